The number of fused-ring (bicyclic) bond motifs is 1. The summed E-state index contributed by atoms with van der Waals surface area (Å²) in [5.41, 5.74) is 3.36. The summed E-state index contributed by atoms with van der Waals surface area (Å²) in [4.78, 5) is 9.05. The van der Waals surface area contributed by atoms with Crippen molar-refractivity contribution < 1.29 is 0 Å². The number of aromatic nitrogens is 3. The summed E-state index contributed by atoms with van der Waals surface area (Å²) in [6.07, 6.45) is 3.57. The van der Waals surface area contributed by atoms with Gasteiger partial charge in [0, 0.05) is 50.7 Å². The van der Waals surface area contributed by atoms with Crippen LogP contribution in [0.25, 0.3) is 11.3 Å². The molecule has 136 valence electrons. The average Bonchev–Trinajstić information content (AvgIpc) is 3.28. The zero-order valence-electron chi connectivity index (χ0n) is 15.3. The van der Waals surface area contributed by atoms with Crippen LogP contribution in [0.2, 0.25) is 0 Å². The molecule has 5 rings (SSSR count). The van der Waals surface area contributed by atoms with E-state index in [1.165, 1.54) is 18.7 Å². The Morgan fingerprint density at radius 1 is 0.778 bits per heavy atom. The first kappa shape index (κ1) is 16.4. The quantitative estimate of drug-likeness (QED) is 0.718. The molecule has 2 aromatic heterocycles. The fraction of sp³-hybridized carbons (Fsp3) is 0.318. The number of nitrogens with zero attached hydrogens (tertiary/aromatic N) is 5. The zero-order chi connectivity index (χ0) is 18.1. The van der Waals surface area contributed by atoms with E-state index in [-0.39, 0.29) is 0 Å². The molecule has 0 aliphatic carbocycles. The Morgan fingerprint density at radius 2 is 1.52 bits per heavy atom. The molecule has 3 aromatic rings. The van der Waals surface area contributed by atoms with Gasteiger partial charge in [0.2, 0.25) is 0 Å². The molecule has 2 atom stereocenters. The molecule has 5 nitrogen and oxygen atoms in total. The number of hydrogen-bond donors (Lipinski definition) is 0. The minimum Gasteiger partial charge on any atom is -0.354 e. The lowest BCUT2D eigenvalue weighted by Gasteiger charge is -2.22. The summed E-state index contributed by atoms with van der Waals surface area (Å²) in [5.74, 6) is 2.46. The molecule has 0 unspecified atom stereocenters. The van der Waals surface area contributed by atoms with Crippen molar-refractivity contribution >= 4 is 5.82 Å². The number of benzene rings is 1. The van der Waals surface area contributed by atoms with Gasteiger partial charge in [0.05, 0.1) is 5.69 Å². The molecule has 2 aliphatic heterocycles. The summed E-state index contributed by atoms with van der Waals surface area (Å²) in [5, 5.41) is 8.92. The summed E-state index contributed by atoms with van der Waals surface area (Å²) >= 11 is 0. The van der Waals surface area contributed by atoms with Crippen LogP contribution in [0.4, 0.5) is 5.82 Å². The molecule has 27 heavy (non-hydrogen) atoms. The number of pyridine rings is 1. The monoisotopic (exact) mass is 357 g/mol. The Labute approximate surface area is 159 Å². The fourth-order valence-corrected chi connectivity index (χ4v) is 4.42. The Kier molecular flexibility index (Phi) is 4.30. The van der Waals surface area contributed by atoms with E-state index in [2.05, 4.69) is 67.4 Å². The van der Waals surface area contributed by atoms with E-state index in [0.29, 0.717) is 0 Å². The lowest BCUT2D eigenvalue weighted by Crippen LogP contribution is -2.29. The highest BCUT2D eigenvalue weighted by atomic mass is 15.3. The zero-order valence-corrected chi connectivity index (χ0v) is 15.3. The summed E-state index contributed by atoms with van der Waals surface area (Å²) < 4.78 is 0. The Morgan fingerprint density at radius 3 is 2.19 bits per heavy atom. The third-order valence-electron chi connectivity index (χ3n) is 5.76. The number of rotatable bonds is 4. The molecule has 2 saturated heterocycles. The van der Waals surface area contributed by atoms with Crippen molar-refractivity contribution in [2.75, 3.05) is 31.1 Å². The predicted octanol–water partition coefficient (Wildman–Crippen LogP) is 3.11. The second-order valence-corrected chi connectivity index (χ2v) is 7.62. The van der Waals surface area contributed by atoms with Crippen LogP contribution in [0.15, 0.2) is 67.0 Å². The Bertz CT molecular complexity index is 868. The van der Waals surface area contributed by atoms with Gasteiger partial charge in [-0.1, -0.05) is 30.3 Å². The first-order chi connectivity index (χ1) is 13.3. The molecule has 0 radical (unpaired) electrons. The van der Waals surface area contributed by atoms with Crippen molar-refractivity contribution in [3.05, 3.63) is 72.6 Å². The van der Waals surface area contributed by atoms with Crippen LogP contribution < -0.4 is 4.90 Å². The van der Waals surface area contributed by atoms with Gasteiger partial charge < -0.3 is 4.90 Å². The highest BCUT2D eigenvalue weighted by Gasteiger charge is 2.40. The molecule has 2 fully saturated rings. The lowest BCUT2D eigenvalue weighted by atomic mass is 10.0. The van der Waals surface area contributed by atoms with E-state index < -0.39 is 0 Å². The Balaban J connectivity index is 1.21. The minimum atomic E-state index is 0.732. The lowest BCUT2D eigenvalue weighted by molar-refractivity contribution is 0.309. The van der Waals surface area contributed by atoms with Gasteiger partial charge >= 0.3 is 0 Å². The van der Waals surface area contributed by atoms with Crippen LogP contribution in [-0.2, 0) is 6.54 Å². The van der Waals surface area contributed by atoms with Crippen molar-refractivity contribution in [2.24, 2.45) is 11.8 Å². The summed E-state index contributed by atoms with van der Waals surface area (Å²) in [6, 6.07) is 18.9. The van der Waals surface area contributed by atoms with Gasteiger partial charge in [-0.25, -0.2) is 0 Å². The van der Waals surface area contributed by atoms with Crippen LogP contribution in [0, 0.1) is 11.8 Å². The predicted molar refractivity (Wildman–Crippen MR) is 106 cm³/mol. The average molecular weight is 357 g/mol. The first-order valence-electron chi connectivity index (χ1n) is 9.60. The molecule has 1 aromatic carbocycles. The second-order valence-electron chi connectivity index (χ2n) is 7.62. The standard InChI is InChI=1S/C22H23N5/c1-2-4-17(5-3-1)12-26-13-19-15-27(16-20(19)14-26)22-7-6-21(24-25-22)18-8-10-23-11-9-18/h1-11,19-20H,12-16H2/t19-,20+. The van der Waals surface area contributed by atoms with Crippen molar-refractivity contribution in [2.45, 2.75) is 6.54 Å². The van der Waals surface area contributed by atoms with Crippen molar-refractivity contribution in [1.29, 1.82) is 0 Å². The van der Waals surface area contributed by atoms with Gasteiger partial charge in [0.15, 0.2) is 5.82 Å². The van der Waals surface area contributed by atoms with Gasteiger partial charge in [-0.2, -0.15) is 0 Å². The van der Waals surface area contributed by atoms with Gasteiger partial charge in [-0.3, -0.25) is 9.88 Å². The molecule has 0 amide bonds. The summed E-state index contributed by atoms with van der Waals surface area (Å²) in [7, 11) is 0. The maximum absolute atomic E-state index is 4.49. The Hall–Kier alpha value is -2.79. The maximum Gasteiger partial charge on any atom is 0.151 e. The molecule has 0 N–H and O–H groups in total. The van der Waals surface area contributed by atoms with E-state index in [0.717, 1.165) is 48.5 Å². The van der Waals surface area contributed by atoms with Gasteiger partial charge in [-0.05, 0) is 41.7 Å². The number of likely N-dealkylation sites (tertiary alicyclic amines) is 1. The maximum atomic E-state index is 4.49. The fourth-order valence-electron chi connectivity index (χ4n) is 4.42. The highest BCUT2D eigenvalue weighted by Crippen LogP contribution is 2.34. The van der Waals surface area contributed by atoms with E-state index in [1.807, 2.05) is 12.1 Å². The molecule has 0 bridgehead atoms. The molecule has 5 heteroatoms. The van der Waals surface area contributed by atoms with Crippen molar-refractivity contribution in [1.82, 2.24) is 20.1 Å². The topological polar surface area (TPSA) is 45.2 Å². The molecule has 0 saturated carbocycles. The third-order valence-corrected chi connectivity index (χ3v) is 5.76. The van der Waals surface area contributed by atoms with E-state index in [9.17, 15) is 0 Å². The smallest absolute Gasteiger partial charge is 0.151 e. The largest absolute Gasteiger partial charge is 0.354 e. The summed E-state index contributed by atoms with van der Waals surface area (Å²) in [6.45, 7) is 5.59. The molecular formula is C22H23N5. The number of hydrogen-bond acceptors (Lipinski definition) is 5. The molecule has 0 spiro atoms. The van der Waals surface area contributed by atoms with Crippen LogP contribution in [0.5, 0.6) is 0 Å². The van der Waals surface area contributed by atoms with E-state index >= 15 is 0 Å². The normalized spacial score (nSPS) is 22.1. The van der Waals surface area contributed by atoms with Crippen LogP contribution in [0.3, 0.4) is 0 Å². The van der Waals surface area contributed by atoms with Crippen LogP contribution in [-0.4, -0.2) is 46.3 Å². The highest BCUT2D eigenvalue weighted by molar-refractivity contribution is 5.59. The van der Waals surface area contributed by atoms with Crippen molar-refractivity contribution in [3.63, 3.8) is 0 Å². The molecule has 4 heterocycles. The van der Waals surface area contributed by atoms with E-state index in [1.54, 1.807) is 12.4 Å². The molecule has 2 aliphatic rings. The third kappa shape index (κ3) is 3.43. The molecular weight excluding hydrogens is 334 g/mol. The first-order valence-corrected chi connectivity index (χ1v) is 9.60. The van der Waals surface area contributed by atoms with Gasteiger partial charge in [0.1, 0.15) is 0 Å². The van der Waals surface area contributed by atoms with Gasteiger partial charge in [-0.15, -0.1) is 10.2 Å². The van der Waals surface area contributed by atoms with Crippen LogP contribution >= 0.6 is 0 Å². The van der Waals surface area contributed by atoms with E-state index in [4.69, 9.17) is 0 Å². The SMILES string of the molecule is c1ccc(CN2C[C@@H]3CN(c4ccc(-c5ccncc5)nn4)C[C@@H]3C2)cc1. The van der Waals surface area contributed by atoms with Crippen molar-refractivity contribution in [3.8, 4) is 11.3 Å². The number of anilines is 1. The second kappa shape index (κ2) is 7.08. The van der Waals surface area contributed by atoms with Gasteiger partial charge in [0.25, 0.3) is 0 Å². The van der Waals surface area contributed by atoms with Crippen LogP contribution in [0.1, 0.15) is 5.56 Å². The minimum absolute atomic E-state index is 0.732.